The second kappa shape index (κ2) is 9.16. The number of carbonyl (C=O) groups excluding carboxylic acids is 2. The number of benzene rings is 2. The molecule has 4 rings (SSSR count). The lowest BCUT2D eigenvalue weighted by molar-refractivity contribution is -0.129. The molecule has 5 heteroatoms. The number of hydrogen-bond acceptors (Lipinski definition) is 3. The largest absolute Gasteiger partial charge is 0.497 e. The first-order valence-corrected chi connectivity index (χ1v) is 10.6. The Morgan fingerprint density at radius 2 is 1.90 bits per heavy atom. The van der Waals surface area contributed by atoms with Crippen LogP contribution in [-0.2, 0) is 22.7 Å². The molecule has 5 nitrogen and oxygen atoms in total. The van der Waals surface area contributed by atoms with E-state index in [9.17, 15) is 9.59 Å². The van der Waals surface area contributed by atoms with Crippen LogP contribution in [-0.4, -0.2) is 29.9 Å². The standard InChI is InChI=1S/C25H28N2O3/c1-30-20-11-7-10-19(14-20)16-26-24(28)15-22-21-12-5-6-13-23(21)27(25(22)29)17-18-8-3-2-4-9-18/h2-4,7-11,14,23H,5-6,12-13,15-17H2,1H3,(H,26,28). The highest BCUT2D eigenvalue weighted by molar-refractivity contribution is 6.02. The number of rotatable bonds is 7. The van der Waals surface area contributed by atoms with Gasteiger partial charge in [-0.05, 0) is 48.1 Å². The molecule has 1 atom stereocenters. The predicted octanol–water partition coefficient (Wildman–Crippen LogP) is 3.98. The number of ether oxygens (including phenoxy) is 1. The van der Waals surface area contributed by atoms with Crippen molar-refractivity contribution in [1.82, 2.24) is 10.2 Å². The number of nitrogens with zero attached hydrogens (tertiary/aromatic N) is 1. The van der Waals surface area contributed by atoms with E-state index in [1.54, 1.807) is 7.11 Å². The van der Waals surface area contributed by atoms with Gasteiger partial charge in [0.1, 0.15) is 5.75 Å². The van der Waals surface area contributed by atoms with E-state index in [0.717, 1.165) is 42.6 Å². The smallest absolute Gasteiger partial charge is 0.251 e. The molecule has 2 amide bonds. The molecule has 2 aromatic rings. The molecule has 156 valence electrons. The lowest BCUT2D eigenvalue weighted by Crippen LogP contribution is -2.36. The van der Waals surface area contributed by atoms with Crippen LogP contribution < -0.4 is 10.1 Å². The van der Waals surface area contributed by atoms with E-state index in [-0.39, 0.29) is 24.3 Å². The van der Waals surface area contributed by atoms with Crippen LogP contribution in [0.2, 0.25) is 0 Å². The van der Waals surface area contributed by atoms with Crippen LogP contribution in [0.4, 0.5) is 0 Å². The molecule has 1 fully saturated rings. The third-order valence-electron chi connectivity index (χ3n) is 6.02. The second-order valence-electron chi connectivity index (χ2n) is 7.99. The van der Waals surface area contributed by atoms with Gasteiger partial charge >= 0.3 is 0 Å². The van der Waals surface area contributed by atoms with Crippen molar-refractivity contribution in [1.29, 1.82) is 0 Å². The molecule has 1 heterocycles. The van der Waals surface area contributed by atoms with Gasteiger partial charge in [-0.1, -0.05) is 48.9 Å². The fourth-order valence-electron chi connectivity index (χ4n) is 4.50. The van der Waals surface area contributed by atoms with Gasteiger partial charge in [-0.3, -0.25) is 9.59 Å². The summed E-state index contributed by atoms with van der Waals surface area (Å²) in [7, 11) is 1.62. The van der Waals surface area contributed by atoms with Gasteiger partial charge in [0.15, 0.2) is 0 Å². The minimum absolute atomic E-state index is 0.0253. The molecule has 1 unspecified atom stereocenters. The topological polar surface area (TPSA) is 58.6 Å². The molecular weight excluding hydrogens is 376 g/mol. The maximum atomic E-state index is 13.2. The Morgan fingerprint density at radius 3 is 2.70 bits per heavy atom. The maximum Gasteiger partial charge on any atom is 0.251 e. The molecule has 30 heavy (non-hydrogen) atoms. The molecule has 0 radical (unpaired) electrons. The van der Waals surface area contributed by atoms with Crippen LogP contribution in [0.3, 0.4) is 0 Å². The van der Waals surface area contributed by atoms with Crippen molar-refractivity contribution in [2.24, 2.45) is 0 Å². The van der Waals surface area contributed by atoms with Crippen molar-refractivity contribution in [3.05, 3.63) is 76.9 Å². The molecule has 1 aliphatic carbocycles. The molecule has 1 aliphatic heterocycles. The lowest BCUT2D eigenvalue weighted by Gasteiger charge is -2.30. The summed E-state index contributed by atoms with van der Waals surface area (Å²) in [4.78, 5) is 27.9. The minimum atomic E-state index is -0.112. The minimum Gasteiger partial charge on any atom is -0.497 e. The molecular formula is C25H28N2O3. The number of nitrogens with one attached hydrogen (secondary N) is 1. The van der Waals surface area contributed by atoms with E-state index >= 15 is 0 Å². The van der Waals surface area contributed by atoms with Crippen LogP contribution in [0.15, 0.2) is 65.7 Å². The van der Waals surface area contributed by atoms with Gasteiger partial charge in [0.25, 0.3) is 5.91 Å². The monoisotopic (exact) mass is 404 g/mol. The summed E-state index contributed by atoms with van der Waals surface area (Å²) in [5.41, 5.74) is 3.98. The Labute approximate surface area is 177 Å². The summed E-state index contributed by atoms with van der Waals surface area (Å²) in [5, 5.41) is 2.96. The van der Waals surface area contributed by atoms with E-state index in [1.165, 1.54) is 5.57 Å². The molecule has 0 aromatic heterocycles. The van der Waals surface area contributed by atoms with Gasteiger partial charge in [0, 0.05) is 18.7 Å². The third-order valence-corrected chi connectivity index (χ3v) is 6.02. The predicted molar refractivity (Wildman–Crippen MR) is 116 cm³/mol. The average molecular weight is 405 g/mol. The first kappa shape index (κ1) is 20.2. The van der Waals surface area contributed by atoms with Crippen LogP contribution in [0, 0.1) is 0 Å². The summed E-state index contributed by atoms with van der Waals surface area (Å²) in [5.74, 6) is 0.677. The Morgan fingerprint density at radius 1 is 1.10 bits per heavy atom. The van der Waals surface area contributed by atoms with Gasteiger partial charge in [-0.15, -0.1) is 0 Å². The summed E-state index contributed by atoms with van der Waals surface area (Å²) in [6.07, 6.45) is 4.28. The highest BCUT2D eigenvalue weighted by atomic mass is 16.5. The number of carbonyl (C=O) groups is 2. The third kappa shape index (κ3) is 4.40. The number of amides is 2. The lowest BCUT2D eigenvalue weighted by atomic mass is 9.88. The van der Waals surface area contributed by atoms with E-state index in [4.69, 9.17) is 4.74 Å². The van der Waals surface area contributed by atoms with Crippen molar-refractivity contribution in [2.45, 2.75) is 51.2 Å². The van der Waals surface area contributed by atoms with E-state index in [2.05, 4.69) is 17.4 Å². The molecule has 1 N–H and O–H groups in total. The van der Waals surface area contributed by atoms with Crippen molar-refractivity contribution in [3.63, 3.8) is 0 Å². The Balaban J connectivity index is 1.44. The fourth-order valence-corrected chi connectivity index (χ4v) is 4.50. The van der Waals surface area contributed by atoms with Crippen LogP contribution in [0.1, 0.15) is 43.2 Å². The van der Waals surface area contributed by atoms with Crippen LogP contribution in [0.25, 0.3) is 0 Å². The molecule has 1 saturated carbocycles. The summed E-state index contributed by atoms with van der Waals surface area (Å²) in [6.45, 7) is 1.02. The van der Waals surface area contributed by atoms with E-state index in [1.807, 2.05) is 47.4 Å². The Hall–Kier alpha value is -3.08. The van der Waals surface area contributed by atoms with Crippen molar-refractivity contribution in [3.8, 4) is 5.75 Å². The Kier molecular flexibility index (Phi) is 6.17. The Bertz CT molecular complexity index is 952. The van der Waals surface area contributed by atoms with E-state index in [0.29, 0.717) is 18.7 Å². The van der Waals surface area contributed by atoms with Crippen LogP contribution in [0.5, 0.6) is 5.75 Å². The maximum absolute atomic E-state index is 13.2. The molecule has 0 bridgehead atoms. The SMILES string of the molecule is COc1cccc(CNC(=O)CC2=C3CCCCC3N(Cc3ccccc3)C2=O)c1. The zero-order valence-corrected chi connectivity index (χ0v) is 17.4. The zero-order valence-electron chi connectivity index (χ0n) is 17.4. The number of fused-ring (bicyclic) bond motifs is 1. The average Bonchev–Trinajstić information content (AvgIpc) is 3.04. The second-order valence-corrected chi connectivity index (χ2v) is 7.99. The summed E-state index contributed by atoms with van der Waals surface area (Å²) in [6, 6.07) is 17.9. The van der Waals surface area contributed by atoms with Gasteiger partial charge < -0.3 is 15.0 Å². The highest BCUT2D eigenvalue weighted by Gasteiger charge is 2.40. The van der Waals surface area contributed by atoms with E-state index < -0.39 is 0 Å². The highest BCUT2D eigenvalue weighted by Crippen LogP contribution is 2.38. The summed E-state index contributed by atoms with van der Waals surface area (Å²) < 4.78 is 5.23. The molecule has 2 aromatic carbocycles. The first-order chi connectivity index (χ1) is 14.7. The number of methoxy groups -OCH3 is 1. The quantitative estimate of drug-likeness (QED) is 0.759. The molecule has 0 spiro atoms. The van der Waals surface area contributed by atoms with Gasteiger partial charge in [0.05, 0.1) is 19.6 Å². The van der Waals surface area contributed by atoms with Gasteiger partial charge in [-0.2, -0.15) is 0 Å². The zero-order chi connectivity index (χ0) is 20.9. The fraction of sp³-hybridized carbons (Fsp3) is 0.360. The molecule has 0 saturated heterocycles. The van der Waals surface area contributed by atoms with Crippen molar-refractivity contribution >= 4 is 11.8 Å². The van der Waals surface area contributed by atoms with Crippen molar-refractivity contribution < 1.29 is 14.3 Å². The van der Waals surface area contributed by atoms with Crippen LogP contribution >= 0.6 is 0 Å². The number of hydrogen-bond donors (Lipinski definition) is 1. The van der Waals surface area contributed by atoms with Gasteiger partial charge in [0.2, 0.25) is 5.91 Å². The molecule has 2 aliphatic rings. The normalized spacial score (nSPS) is 18.4. The van der Waals surface area contributed by atoms with Crippen molar-refractivity contribution in [2.75, 3.05) is 7.11 Å². The first-order valence-electron chi connectivity index (χ1n) is 10.6. The summed E-state index contributed by atoms with van der Waals surface area (Å²) >= 11 is 0. The van der Waals surface area contributed by atoms with Gasteiger partial charge in [-0.25, -0.2) is 0 Å².